The lowest BCUT2D eigenvalue weighted by molar-refractivity contribution is 0.102. The third-order valence-corrected chi connectivity index (χ3v) is 5.18. The van der Waals surface area contributed by atoms with Crippen LogP contribution >= 0.6 is 11.6 Å². The molecule has 1 amide bonds. The number of hydrogen-bond donors (Lipinski definition) is 1. The maximum Gasteiger partial charge on any atom is 0.262 e. The van der Waals surface area contributed by atoms with Crippen LogP contribution in [-0.4, -0.2) is 35.3 Å². The number of carbonyl (C=O) groups is 1. The van der Waals surface area contributed by atoms with Crippen molar-refractivity contribution < 1.29 is 4.79 Å². The maximum atomic E-state index is 13.1. The van der Waals surface area contributed by atoms with Crippen LogP contribution in [0.2, 0.25) is 5.02 Å². The van der Waals surface area contributed by atoms with Crippen molar-refractivity contribution >= 4 is 29.0 Å². The van der Waals surface area contributed by atoms with Crippen molar-refractivity contribution in [3.8, 4) is 17.1 Å². The Morgan fingerprint density at radius 3 is 2.50 bits per heavy atom. The highest BCUT2D eigenvalue weighted by atomic mass is 35.5. The lowest BCUT2D eigenvalue weighted by atomic mass is 10.1. The zero-order valence-electron chi connectivity index (χ0n) is 17.3. The minimum Gasteiger partial charge on any atom is -0.306 e. The van der Waals surface area contributed by atoms with Crippen molar-refractivity contribution in [2.24, 2.45) is 0 Å². The predicted molar refractivity (Wildman–Crippen MR) is 122 cm³/mol. The Morgan fingerprint density at radius 2 is 1.75 bits per heavy atom. The second kappa shape index (κ2) is 7.90. The summed E-state index contributed by atoms with van der Waals surface area (Å²) in [6.45, 7) is 3.99. The number of aromatic nitrogens is 6. The van der Waals surface area contributed by atoms with E-state index in [1.807, 2.05) is 56.3 Å². The summed E-state index contributed by atoms with van der Waals surface area (Å²) in [7, 11) is 0. The molecule has 0 saturated carbocycles. The number of pyridine rings is 1. The van der Waals surface area contributed by atoms with E-state index >= 15 is 0 Å². The van der Waals surface area contributed by atoms with Gasteiger partial charge in [-0.05, 0) is 25.5 Å². The molecule has 32 heavy (non-hydrogen) atoms. The highest BCUT2D eigenvalue weighted by molar-refractivity contribution is 6.30. The van der Waals surface area contributed by atoms with Gasteiger partial charge < -0.3 is 5.32 Å². The number of aryl methyl sites for hydroxylation is 2. The number of fused-ring (bicyclic) bond motifs is 1. The first-order valence-electron chi connectivity index (χ1n) is 9.88. The van der Waals surface area contributed by atoms with Crippen LogP contribution in [0.5, 0.6) is 0 Å². The van der Waals surface area contributed by atoms with Crippen LogP contribution in [-0.2, 0) is 0 Å². The van der Waals surface area contributed by atoms with Crippen LogP contribution in [0, 0.1) is 13.8 Å². The highest BCUT2D eigenvalue weighted by Gasteiger charge is 2.19. The molecule has 1 N–H and O–H groups in total. The number of nitrogens with one attached hydrogen (secondary N) is 1. The number of benzene rings is 1. The number of carbonyl (C=O) groups excluding carboxylic acids is 1. The summed E-state index contributed by atoms with van der Waals surface area (Å²) in [5.74, 6) is 0.711. The Hall–Kier alpha value is -4.04. The van der Waals surface area contributed by atoms with Gasteiger partial charge in [0.15, 0.2) is 11.5 Å². The molecule has 0 unspecified atom stereocenters. The molecule has 0 bridgehead atoms. The minimum atomic E-state index is -0.362. The van der Waals surface area contributed by atoms with E-state index in [9.17, 15) is 4.79 Å². The van der Waals surface area contributed by atoms with E-state index in [1.54, 1.807) is 17.1 Å². The molecule has 158 valence electrons. The van der Waals surface area contributed by atoms with E-state index in [0.717, 1.165) is 16.7 Å². The lowest BCUT2D eigenvalue weighted by Gasteiger charge is -2.08. The van der Waals surface area contributed by atoms with E-state index in [0.29, 0.717) is 33.6 Å². The predicted octanol–water partition coefficient (Wildman–Crippen LogP) is 4.50. The van der Waals surface area contributed by atoms with Gasteiger partial charge in [0.2, 0.25) is 0 Å². The highest BCUT2D eigenvalue weighted by Crippen LogP contribution is 2.25. The van der Waals surface area contributed by atoms with Crippen molar-refractivity contribution in [3.63, 3.8) is 0 Å². The molecular formula is C23H18ClN7O. The van der Waals surface area contributed by atoms with Gasteiger partial charge in [0.05, 0.1) is 23.1 Å². The Kier molecular flexibility index (Phi) is 4.91. The molecule has 8 nitrogen and oxygen atoms in total. The molecule has 4 heterocycles. The summed E-state index contributed by atoms with van der Waals surface area (Å²) in [6.07, 6.45) is 6.29. The summed E-state index contributed by atoms with van der Waals surface area (Å²) in [4.78, 5) is 21.8. The van der Waals surface area contributed by atoms with Crippen LogP contribution in [0.3, 0.4) is 0 Å². The van der Waals surface area contributed by atoms with E-state index < -0.39 is 0 Å². The fourth-order valence-electron chi connectivity index (χ4n) is 3.29. The molecule has 9 heteroatoms. The first kappa shape index (κ1) is 19.9. The number of halogens is 1. The first-order chi connectivity index (χ1) is 15.5. The minimum absolute atomic E-state index is 0.322. The molecule has 0 fully saturated rings. The molecule has 0 radical (unpaired) electrons. The summed E-state index contributed by atoms with van der Waals surface area (Å²) in [5.41, 5.74) is 4.56. The fraction of sp³-hybridized carbons (Fsp3) is 0.0870. The van der Waals surface area contributed by atoms with Gasteiger partial charge in [0.1, 0.15) is 11.4 Å². The van der Waals surface area contributed by atoms with Gasteiger partial charge in [-0.25, -0.2) is 14.5 Å². The first-order valence-corrected chi connectivity index (χ1v) is 10.3. The third-order valence-electron chi connectivity index (χ3n) is 4.98. The van der Waals surface area contributed by atoms with Crippen LogP contribution in [0.4, 0.5) is 5.82 Å². The Morgan fingerprint density at radius 1 is 0.969 bits per heavy atom. The summed E-state index contributed by atoms with van der Waals surface area (Å²) in [5, 5.41) is 12.2. The Labute approximate surface area is 188 Å². The molecular weight excluding hydrogens is 426 g/mol. The third kappa shape index (κ3) is 3.72. The van der Waals surface area contributed by atoms with Crippen molar-refractivity contribution in [1.29, 1.82) is 0 Å². The summed E-state index contributed by atoms with van der Waals surface area (Å²) >= 11 is 5.97. The van der Waals surface area contributed by atoms with Gasteiger partial charge in [0, 0.05) is 24.0 Å². The second-order valence-electron chi connectivity index (χ2n) is 7.44. The molecule has 0 saturated heterocycles. The molecule has 5 rings (SSSR count). The normalized spacial score (nSPS) is 11.1. The lowest BCUT2D eigenvalue weighted by Crippen LogP contribution is -2.15. The zero-order chi connectivity index (χ0) is 22.2. The molecule has 0 spiro atoms. The SMILES string of the molecule is Cc1ccc(-c2cc(NC(=O)c3cnn4cc(Cl)cnc34)n(-c3ccc(C)cn3)n2)cc1. The standard InChI is InChI=1S/C23H18ClN7O/c1-14-3-6-16(7-4-14)19-9-21(31(29-19)20-8-5-15(2)10-25-20)28-23(32)18-12-27-30-13-17(24)11-26-22(18)30/h3-13H,1-2H3,(H,28,32). The molecule has 0 aliphatic heterocycles. The van der Waals surface area contributed by atoms with Crippen LogP contribution in [0.15, 0.2) is 67.3 Å². The largest absolute Gasteiger partial charge is 0.306 e. The van der Waals surface area contributed by atoms with E-state index in [1.165, 1.54) is 16.9 Å². The smallest absolute Gasteiger partial charge is 0.262 e. The zero-order valence-corrected chi connectivity index (χ0v) is 18.1. The number of hydrogen-bond acceptors (Lipinski definition) is 5. The van der Waals surface area contributed by atoms with Gasteiger partial charge in [-0.1, -0.05) is 47.5 Å². The topological polar surface area (TPSA) is 90.0 Å². The van der Waals surface area contributed by atoms with Crippen LogP contribution in [0.1, 0.15) is 21.5 Å². The molecule has 0 aliphatic rings. The number of anilines is 1. The van der Waals surface area contributed by atoms with E-state index in [4.69, 9.17) is 16.7 Å². The average Bonchev–Trinajstić information content (AvgIpc) is 3.39. The summed E-state index contributed by atoms with van der Waals surface area (Å²) in [6, 6.07) is 13.7. The molecule has 5 aromatic rings. The molecule has 0 atom stereocenters. The van der Waals surface area contributed by atoms with Gasteiger partial charge in [-0.2, -0.15) is 14.9 Å². The second-order valence-corrected chi connectivity index (χ2v) is 7.88. The Balaban J connectivity index is 1.55. The molecule has 0 aliphatic carbocycles. The van der Waals surface area contributed by atoms with Crippen LogP contribution in [0.25, 0.3) is 22.7 Å². The Bertz CT molecular complexity index is 1440. The average molecular weight is 444 g/mol. The van der Waals surface area contributed by atoms with Gasteiger partial charge in [-0.15, -0.1) is 0 Å². The van der Waals surface area contributed by atoms with Gasteiger partial charge in [-0.3, -0.25) is 4.79 Å². The van der Waals surface area contributed by atoms with Crippen LogP contribution < -0.4 is 5.32 Å². The van der Waals surface area contributed by atoms with E-state index in [2.05, 4.69) is 20.4 Å². The quantitative estimate of drug-likeness (QED) is 0.441. The van der Waals surface area contributed by atoms with Gasteiger partial charge >= 0.3 is 0 Å². The number of amides is 1. The maximum absolute atomic E-state index is 13.1. The molecule has 4 aromatic heterocycles. The number of rotatable bonds is 4. The van der Waals surface area contributed by atoms with Gasteiger partial charge in [0.25, 0.3) is 5.91 Å². The monoisotopic (exact) mass is 443 g/mol. The van der Waals surface area contributed by atoms with Crippen molar-refractivity contribution in [2.45, 2.75) is 13.8 Å². The van der Waals surface area contributed by atoms with Crippen molar-refractivity contribution in [1.82, 2.24) is 29.4 Å². The summed E-state index contributed by atoms with van der Waals surface area (Å²) < 4.78 is 3.08. The number of nitrogens with zero attached hydrogens (tertiary/aromatic N) is 6. The molecule has 1 aromatic carbocycles. The fourth-order valence-corrected chi connectivity index (χ4v) is 3.43. The van der Waals surface area contributed by atoms with E-state index in [-0.39, 0.29) is 5.91 Å². The van der Waals surface area contributed by atoms with Crippen molar-refractivity contribution in [2.75, 3.05) is 5.32 Å². The van der Waals surface area contributed by atoms with Crippen molar-refractivity contribution in [3.05, 3.63) is 89.0 Å².